The summed E-state index contributed by atoms with van der Waals surface area (Å²) in [5, 5.41) is 0. The van der Waals surface area contributed by atoms with Gasteiger partial charge in [-0.2, -0.15) is 0 Å². The molecule has 3 nitrogen and oxygen atoms in total. The zero-order valence-corrected chi connectivity index (χ0v) is 12.4. The Morgan fingerprint density at radius 3 is 2.43 bits per heavy atom. The van der Waals surface area contributed by atoms with Crippen molar-refractivity contribution in [3.05, 3.63) is 65.2 Å². The fourth-order valence-corrected chi connectivity index (χ4v) is 2.02. The van der Waals surface area contributed by atoms with E-state index in [1.165, 1.54) is 18.7 Å². The van der Waals surface area contributed by atoms with Crippen molar-refractivity contribution in [3.8, 4) is 11.5 Å². The van der Waals surface area contributed by atoms with Crippen LogP contribution in [0.15, 0.2) is 48.5 Å². The Morgan fingerprint density at radius 1 is 1.05 bits per heavy atom. The molecule has 2 aromatic carbocycles. The average Bonchev–Trinajstić information content (AvgIpc) is 2.47. The third kappa shape index (κ3) is 3.96. The molecule has 3 heteroatoms. The van der Waals surface area contributed by atoms with Crippen molar-refractivity contribution in [1.29, 1.82) is 0 Å². The third-order valence-electron chi connectivity index (χ3n) is 3.10. The maximum Gasteiger partial charge on any atom is 0.336 e. The SMILES string of the molecule is COc1ccccc1OC(=O)/C=C/c1ccc(C)cc1C. The number of methoxy groups -OCH3 is 1. The lowest BCUT2D eigenvalue weighted by Crippen LogP contribution is -2.04. The minimum Gasteiger partial charge on any atom is -0.493 e. The molecule has 2 aromatic rings. The first kappa shape index (κ1) is 14.9. The summed E-state index contributed by atoms with van der Waals surface area (Å²) < 4.78 is 10.4. The first-order valence-electron chi connectivity index (χ1n) is 6.70. The van der Waals surface area contributed by atoms with Gasteiger partial charge in [-0.1, -0.05) is 35.9 Å². The molecule has 0 fully saturated rings. The lowest BCUT2D eigenvalue weighted by atomic mass is 10.1. The van der Waals surface area contributed by atoms with E-state index in [1.54, 1.807) is 24.3 Å². The number of rotatable bonds is 4. The van der Waals surface area contributed by atoms with E-state index in [4.69, 9.17) is 9.47 Å². The molecule has 0 aliphatic carbocycles. The summed E-state index contributed by atoms with van der Waals surface area (Å²) in [6.07, 6.45) is 3.18. The van der Waals surface area contributed by atoms with Gasteiger partial charge in [0.05, 0.1) is 7.11 Å². The highest BCUT2D eigenvalue weighted by Gasteiger charge is 2.06. The molecule has 0 spiro atoms. The van der Waals surface area contributed by atoms with Crippen LogP contribution in [0.5, 0.6) is 11.5 Å². The van der Waals surface area contributed by atoms with Gasteiger partial charge in [0.25, 0.3) is 0 Å². The predicted molar refractivity (Wildman–Crippen MR) is 83.6 cm³/mol. The smallest absolute Gasteiger partial charge is 0.336 e. The Balaban J connectivity index is 2.09. The fraction of sp³-hybridized carbons (Fsp3) is 0.167. The van der Waals surface area contributed by atoms with E-state index in [0.29, 0.717) is 11.5 Å². The van der Waals surface area contributed by atoms with Gasteiger partial charge in [0.15, 0.2) is 11.5 Å². The minimum absolute atomic E-state index is 0.412. The second kappa shape index (κ2) is 6.75. The van der Waals surface area contributed by atoms with Crippen LogP contribution in [0.2, 0.25) is 0 Å². The van der Waals surface area contributed by atoms with Crippen molar-refractivity contribution in [2.75, 3.05) is 7.11 Å². The number of hydrogen-bond acceptors (Lipinski definition) is 3. The molecular weight excluding hydrogens is 264 g/mol. The number of ether oxygens (including phenoxy) is 2. The van der Waals surface area contributed by atoms with Crippen LogP contribution in [0.25, 0.3) is 6.08 Å². The molecule has 0 bridgehead atoms. The van der Waals surface area contributed by atoms with Gasteiger partial charge in [-0.3, -0.25) is 0 Å². The molecule has 0 saturated heterocycles. The highest BCUT2D eigenvalue weighted by molar-refractivity contribution is 5.89. The van der Waals surface area contributed by atoms with Gasteiger partial charge >= 0.3 is 5.97 Å². The van der Waals surface area contributed by atoms with Gasteiger partial charge in [-0.25, -0.2) is 4.79 Å². The number of para-hydroxylation sites is 2. The quantitative estimate of drug-likeness (QED) is 0.484. The zero-order valence-electron chi connectivity index (χ0n) is 12.4. The Bertz CT molecular complexity index is 672. The molecule has 0 aliphatic heterocycles. The molecule has 2 rings (SSSR count). The molecule has 0 N–H and O–H groups in total. The van der Waals surface area contributed by atoms with Crippen LogP contribution < -0.4 is 9.47 Å². The van der Waals surface area contributed by atoms with Gasteiger partial charge in [-0.15, -0.1) is 0 Å². The van der Waals surface area contributed by atoms with E-state index in [1.807, 2.05) is 32.0 Å². The Kier molecular flexibility index (Phi) is 4.77. The number of carbonyl (C=O) groups excluding carboxylic acids is 1. The lowest BCUT2D eigenvalue weighted by Gasteiger charge is -2.07. The summed E-state index contributed by atoms with van der Waals surface area (Å²) in [5.74, 6) is 0.514. The van der Waals surface area contributed by atoms with Gasteiger partial charge in [0.2, 0.25) is 0 Å². The number of carbonyl (C=O) groups is 1. The normalized spacial score (nSPS) is 10.6. The molecule has 0 aliphatic rings. The van der Waals surface area contributed by atoms with Crippen LogP contribution in [-0.4, -0.2) is 13.1 Å². The molecule has 0 amide bonds. The Hall–Kier alpha value is -2.55. The van der Waals surface area contributed by atoms with Crippen LogP contribution in [-0.2, 0) is 4.79 Å². The Labute approximate surface area is 124 Å². The summed E-state index contributed by atoms with van der Waals surface area (Å²) in [4.78, 5) is 11.9. The number of hydrogen-bond donors (Lipinski definition) is 0. The molecule has 0 atom stereocenters. The summed E-state index contributed by atoms with van der Waals surface area (Å²) in [6, 6.07) is 13.1. The largest absolute Gasteiger partial charge is 0.493 e. The van der Waals surface area contributed by atoms with Crippen LogP contribution >= 0.6 is 0 Å². The molecule has 108 valence electrons. The highest BCUT2D eigenvalue weighted by atomic mass is 16.6. The zero-order chi connectivity index (χ0) is 15.2. The Morgan fingerprint density at radius 2 is 1.76 bits per heavy atom. The van der Waals surface area contributed by atoms with Gasteiger partial charge < -0.3 is 9.47 Å². The first-order chi connectivity index (χ1) is 10.1. The van der Waals surface area contributed by atoms with E-state index in [-0.39, 0.29) is 0 Å². The monoisotopic (exact) mass is 282 g/mol. The van der Waals surface area contributed by atoms with Gasteiger partial charge in [0.1, 0.15) is 0 Å². The molecule has 21 heavy (non-hydrogen) atoms. The summed E-state index contributed by atoms with van der Waals surface area (Å²) in [6.45, 7) is 4.05. The van der Waals surface area contributed by atoms with Crippen molar-refractivity contribution in [3.63, 3.8) is 0 Å². The molecule has 0 radical (unpaired) electrons. The van der Waals surface area contributed by atoms with Gasteiger partial charge in [-0.05, 0) is 43.2 Å². The summed E-state index contributed by atoms with van der Waals surface area (Å²) in [7, 11) is 1.54. The van der Waals surface area contributed by atoms with Crippen molar-refractivity contribution in [2.24, 2.45) is 0 Å². The van der Waals surface area contributed by atoms with Crippen LogP contribution in [0.4, 0.5) is 0 Å². The van der Waals surface area contributed by atoms with E-state index in [2.05, 4.69) is 6.07 Å². The fourth-order valence-electron chi connectivity index (χ4n) is 2.02. The summed E-state index contributed by atoms with van der Waals surface area (Å²) in [5.41, 5.74) is 3.31. The lowest BCUT2D eigenvalue weighted by molar-refractivity contribution is -0.129. The van der Waals surface area contributed by atoms with E-state index in [9.17, 15) is 4.79 Å². The number of benzene rings is 2. The number of esters is 1. The van der Waals surface area contributed by atoms with Crippen LogP contribution in [0.1, 0.15) is 16.7 Å². The van der Waals surface area contributed by atoms with Crippen molar-refractivity contribution >= 4 is 12.0 Å². The third-order valence-corrected chi connectivity index (χ3v) is 3.10. The average molecular weight is 282 g/mol. The second-order valence-corrected chi connectivity index (χ2v) is 4.77. The molecule has 0 unspecified atom stereocenters. The molecular formula is C18H18O3. The van der Waals surface area contributed by atoms with Crippen LogP contribution in [0.3, 0.4) is 0 Å². The predicted octanol–water partition coefficient (Wildman–Crippen LogP) is 3.93. The van der Waals surface area contributed by atoms with E-state index >= 15 is 0 Å². The maximum absolute atomic E-state index is 11.9. The highest BCUT2D eigenvalue weighted by Crippen LogP contribution is 2.26. The van der Waals surface area contributed by atoms with E-state index in [0.717, 1.165) is 11.1 Å². The van der Waals surface area contributed by atoms with Crippen molar-refractivity contribution in [2.45, 2.75) is 13.8 Å². The van der Waals surface area contributed by atoms with Crippen molar-refractivity contribution < 1.29 is 14.3 Å². The van der Waals surface area contributed by atoms with Crippen LogP contribution in [0, 0.1) is 13.8 Å². The maximum atomic E-state index is 11.9. The standard InChI is InChI=1S/C18H18O3/c1-13-8-9-15(14(2)12-13)10-11-18(19)21-17-7-5-4-6-16(17)20-3/h4-12H,1-3H3/b11-10+. The number of aryl methyl sites for hydroxylation is 2. The topological polar surface area (TPSA) is 35.5 Å². The minimum atomic E-state index is -0.431. The molecule has 0 aromatic heterocycles. The molecule has 0 saturated carbocycles. The summed E-state index contributed by atoms with van der Waals surface area (Å²) >= 11 is 0. The second-order valence-electron chi connectivity index (χ2n) is 4.77. The molecule has 0 heterocycles. The van der Waals surface area contributed by atoms with E-state index < -0.39 is 5.97 Å². The first-order valence-corrected chi connectivity index (χ1v) is 6.70. The van der Waals surface area contributed by atoms with Gasteiger partial charge in [0, 0.05) is 6.08 Å². The van der Waals surface area contributed by atoms with Crippen molar-refractivity contribution in [1.82, 2.24) is 0 Å².